The van der Waals surface area contributed by atoms with Crippen molar-refractivity contribution >= 4 is 17.7 Å². The Hall–Kier alpha value is -1.69. The van der Waals surface area contributed by atoms with Crippen LogP contribution in [0.4, 0.5) is 0 Å². The first kappa shape index (κ1) is 16.4. The highest BCUT2D eigenvalue weighted by Crippen LogP contribution is 2.47. The van der Waals surface area contributed by atoms with E-state index in [-0.39, 0.29) is 18.6 Å². The van der Waals surface area contributed by atoms with Gasteiger partial charge in [-0.1, -0.05) is 12.2 Å². The van der Waals surface area contributed by atoms with E-state index >= 15 is 0 Å². The maximum Gasteiger partial charge on any atom is 0.314 e. The third kappa shape index (κ3) is 2.47. The van der Waals surface area contributed by atoms with Gasteiger partial charge in [0.2, 0.25) is 0 Å². The fraction of sp³-hybridized carbons (Fsp3) is 0.643. The molecule has 1 rings (SSSR count). The average Bonchev–Trinajstić information content (AvgIpc) is 2.26. The van der Waals surface area contributed by atoms with Crippen LogP contribution in [0.3, 0.4) is 0 Å². The number of nitrogens with zero attached hydrogens (tertiary/aromatic N) is 1. The predicted octanol–water partition coefficient (Wildman–Crippen LogP) is 1.02. The number of carbonyl (C=O) groups excluding carboxylic acids is 1. The molecular weight excluding hydrogens is 262 g/mol. The van der Waals surface area contributed by atoms with E-state index in [0.717, 1.165) is 0 Å². The monoisotopic (exact) mass is 283 g/mol. The molecule has 0 heterocycles. The highest BCUT2D eigenvalue weighted by Gasteiger charge is 2.58. The molecular formula is C14H21NO5. The minimum Gasteiger partial charge on any atom is -0.481 e. The molecule has 0 aromatic heterocycles. The lowest BCUT2D eigenvalue weighted by Crippen LogP contribution is -2.61. The summed E-state index contributed by atoms with van der Waals surface area (Å²) in [5.74, 6) is -2.49. The normalized spacial score (nSPS) is 33.1. The van der Waals surface area contributed by atoms with Gasteiger partial charge in [-0.25, -0.2) is 0 Å². The zero-order valence-electron chi connectivity index (χ0n) is 12.2. The number of Topliss-reactive ketones (excluding diaryl/α,β-unsaturated/α-hetero) is 1. The summed E-state index contributed by atoms with van der Waals surface area (Å²) in [7, 11) is 3.28. The van der Waals surface area contributed by atoms with Gasteiger partial charge in [-0.05, 0) is 34.4 Å². The Morgan fingerprint density at radius 3 is 2.15 bits per heavy atom. The summed E-state index contributed by atoms with van der Waals surface area (Å²) in [6.07, 6.45) is 3.05. The van der Waals surface area contributed by atoms with Crippen molar-refractivity contribution in [3.8, 4) is 0 Å². The van der Waals surface area contributed by atoms with Crippen molar-refractivity contribution in [3.05, 3.63) is 12.2 Å². The molecule has 1 aliphatic rings. The fourth-order valence-electron chi connectivity index (χ4n) is 3.40. The maximum absolute atomic E-state index is 11.8. The van der Waals surface area contributed by atoms with E-state index in [9.17, 15) is 24.6 Å². The van der Waals surface area contributed by atoms with Gasteiger partial charge < -0.3 is 15.1 Å². The van der Waals surface area contributed by atoms with Crippen LogP contribution in [0.25, 0.3) is 0 Å². The Morgan fingerprint density at radius 2 is 1.80 bits per heavy atom. The minimum absolute atomic E-state index is 0.146. The number of allylic oxidation sites excluding steroid dienone is 1. The van der Waals surface area contributed by atoms with Crippen LogP contribution in [0.5, 0.6) is 0 Å². The third-order valence-electron chi connectivity index (χ3n) is 4.01. The summed E-state index contributed by atoms with van der Waals surface area (Å²) in [5.41, 5.74) is -2.77. The van der Waals surface area contributed by atoms with Gasteiger partial charge in [-0.3, -0.25) is 14.4 Å². The molecule has 20 heavy (non-hydrogen) atoms. The van der Waals surface area contributed by atoms with Crippen LogP contribution < -0.4 is 0 Å². The second-order valence-electron chi connectivity index (χ2n) is 5.90. The summed E-state index contributed by atoms with van der Waals surface area (Å²) in [6, 6.07) is -0.807. The van der Waals surface area contributed by atoms with Gasteiger partial charge in [0.05, 0.1) is 10.8 Å². The van der Waals surface area contributed by atoms with Crippen LogP contribution in [-0.2, 0) is 14.4 Å². The van der Waals surface area contributed by atoms with Crippen LogP contribution in [0.1, 0.15) is 26.7 Å². The summed E-state index contributed by atoms with van der Waals surface area (Å²) >= 11 is 0. The van der Waals surface area contributed by atoms with Gasteiger partial charge in [0, 0.05) is 12.5 Å². The lowest BCUT2D eigenvalue weighted by atomic mass is 9.59. The molecule has 1 aliphatic carbocycles. The minimum atomic E-state index is -1.42. The number of hydrogen-bond acceptors (Lipinski definition) is 4. The Labute approximate surface area is 118 Å². The molecule has 0 bridgehead atoms. The van der Waals surface area contributed by atoms with E-state index in [1.807, 2.05) is 0 Å². The Morgan fingerprint density at radius 1 is 1.25 bits per heavy atom. The van der Waals surface area contributed by atoms with Gasteiger partial charge in [0.25, 0.3) is 0 Å². The summed E-state index contributed by atoms with van der Waals surface area (Å²) in [6.45, 7) is 2.82. The number of hydrogen-bond donors (Lipinski definition) is 2. The molecule has 0 amide bonds. The number of rotatable bonds is 5. The van der Waals surface area contributed by atoms with Crippen molar-refractivity contribution in [2.45, 2.75) is 32.7 Å². The van der Waals surface area contributed by atoms with Gasteiger partial charge in [0.1, 0.15) is 5.78 Å². The van der Waals surface area contributed by atoms with Crippen LogP contribution >= 0.6 is 0 Å². The molecule has 0 aromatic rings. The quantitative estimate of drug-likeness (QED) is 0.731. The molecule has 0 saturated heterocycles. The van der Waals surface area contributed by atoms with Gasteiger partial charge in [-0.15, -0.1) is 0 Å². The van der Waals surface area contributed by atoms with Crippen molar-refractivity contribution < 1.29 is 24.6 Å². The van der Waals surface area contributed by atoms with Crippen LogP contribution in [0, 0.1) is 10.8 Å². The molecule has 2 N–H and O–H groups in total. The first-order chi connectivity index (χ1) is 9.08. The van der Waals surface area contributed by atoms with E-state index in [4.69, 9.17) is 0 Å². The zero-order chi connectivity index (χ0) is 15.7. The molecule has 3 atom stereocenters. The Bertz CT molecular complexity index is 470. The SMILES string of the molecule is CC(=O)CC1(C(=O)O)CC=CC(C)(C(=O)O)C1N(C)C. The molecule has 3 unspecified atom stereocenters. The smallest absolute Gasteiger partial charge is 0.314 e. The third-order valence-corrected chi connectivity index (χ3v) is 4.01. The molecule has 6 heteroatoms. The van der Waals surface area contributed by atoms with Crippen molar-refractivity contribution in [1.29, 1.82) is 0 Å². The number of carboxylic acid groups (broad SMARTS) is 2. The summed E-state index contributed by atoms with van der Waals surface area (Å²) < 4.78 is 0. The van der Waals surface area contributed by atoms with Crippen molar-refractivity contribution in [3.63, 3.8) is 0 Å². The lowest BCUT2D eigenvalue weighted by molar-refractivity contribution is -0.166. The van der Waals surface area contributed by atoms with E-state index in [2.05, 4.69) is 0 Å². The number of carbonyl (C=O) groups is 3. The average molecular weight is 283 g/mol. The largest absolute Gasteiger partial charge is 0.481 e. The number of aliphatic carboxylic acids is 2. The first-order valence-corrected chi connectivity index (χ1v) is 6.38. The second-order valence-corrected chi connectivity index (χ2v) is 5.90. The second kappa shape index (κ2) is 5.36. The molecule has 0 aromatic carbocycles. The first-order valence-electron chi connectivity index (χ1n) is 6.38. The summed E-state index contributed by atoms with van der Waals surface area (Å²) in [4.78, 5) is 36.6. The fourth-order valence-corrected chi connectivity index (χ4v) is 3.40. The maximum atomic E-state index is 11.8. The van der Waals surface area contributed by atoms with Crippen molar-refractivity contribution in [1.82, 2.24) is 4.90 Å². The molecule has 0 spiro atoms. The van der Waals surface area contributed by atoms with E-state index in [1.165, 1.54) is 19.9 Å². The van der Waals surface area contributed by atoms with E-state index < -0.39 is 28.8 Å². The van der Waals surface area contributed by atoms with Crippen molar-refractivity contribution in [2.75, 3.05) is 14.1 Å². The van der Waals surface area contributed by atoms with Gasteiger partial charge in [0.15, 0.2) is 0 Å². The van der Waals surface area contributed by atoms with Crippen molar-refractivity contribution in [2.24, 2.45) is 10.8 Å². The Kier molecular flexibility index (Phi) is 4.39. The van der Waals surface area contributed by atoms with Gasteiger partial charge >= 0.3 is 11.9 Å². The Balaban J connectivity index is 3.50. The number of carboxylic acids is 2. The molecule has 0 aliphatic heterocycles. The molecule has 0 radical (unpaired) electrons. The van der Waals surface area contributed by atoms with E-state index in [1.54, 1.807) is 25.1 Å². The summed E-state index contributed by atoms with van der Waals surface area (Å²) in [5, 5.41) is 19.2. The molecule has 112 valence electrons. The number of ketones is 1. The zero-order valence-corrected chi connectivity index (χ0v) is 12.2. The van der Waals surface area contributed by atoms with Gasteiger partial charge in [-0.2, -0.15) is 0 Å². The molecule has 0 saturated carbocycles. The molecule has 0 fully saturated rings. The van der Waals surface area contributed by atoms with E-state index in [0.29, 0.717) is 0 Å². The van der Waals surface area contributed by atoms with Crippen LogP contribution in [0.2, 0.25) is 0 Å². The lowest BCUT2D eigenvalue weighted by Gasteiger charge is -2.49. The predicted molar refractivity (Wildman–Crippen MR) is 72.3 cm³/mol. The standard InChI is InChI=1S/C14H21NO5/c1-9(16)8-14(12(19)20)7-5-6-13(2,11(17)18)10(14)15(3)4/h5-6,10H,7-8H2,1-4H3,(H,17,18)(H,19,20). The molecule has 6 nitrogen and oxygen atoms in total. The van der Waals surface area contributed by atoms with Crippen LogP contribution in [-0.4, -0.2) is 53.0 Å². The van der Waals surface area contributed by atoms with Crippen LogP contribution in [0.15, 0.2) is 12.2 Å². The highest BCUT2D eigenvalue weighted by molar-refractivity contribution is 5.88. The highest BCUT2D eigenvalue weighted by atomic mass is 16.4. The topological polar surface area (TPSA) is 94.9 Å².